The van der Waals surface area contributed by atoms with Gasteiger partial charge in [0.25, 0.3) is 0 Å². The number of guanidine groups is 1. The molecule has 4 N–H and O–H groups in total. The first-order valence-corrected chi connectivity index (χ1v) is 7.42. The van der Waals surface area contributed by atoms with Crippen molar-refractivity contribution >= 4 is 11.6 Å². The molecule has 3 rings (SSSR count). The van der Waals surface area contributed by atoms with E-state index in [0.717, 1.165) is 17.0 Å². The average molecular weight is 322 g/mol. The number of methoxy groups -OCH3 is 1. The first-order valence-electron chi connectivity index (χ1n) is 7.42. The van der Waals surface area contributed by atoms with E-state index >= 15 is 0 Å². The van der Waals surface area contributed by atoms with Gasteiger partial charge in [0.05, 0.1) is 7.11 Å². The fraction of sp³-hybridized carbons (Fsp3) is 0.118. The molecule has 0 atom stereocenters. The van der Waals surface area contributed by atoms with Crippen molar-refractivity contribution in [3.05, 3.63) is 60.4 Å². The third-order valence-electron chi connectivity index (χ3n) is 3.33. The van der Waals surface area contributed by atoms with Crippen LogP contribution < -0.4 is 15.8 Å². The molecule has 24 heavy (non-hydrogen) atoms. The Bertz CT molecular complexity index is 811. The quantitative estimate of drug-likeness (QED) is 0.494. The summed E-state index contributed by atoms with van der Waals surface area (Å²) >= 11 is 0. The molecule has 7 heteroatoms. The summed E-state index contributed by atoms with van der Waals surface area (Å²) < 4.78 is 5.14. The maximum atomic E-state index is 5.87. The molecule has 122 valence electrons. The second-order valence-corrected chi connectivity index (χ2v) is 5.03. The third-order valence-corrected chi connectivity index (χ3v) is 3.33. The normalized spacial score (nSPS) is 11.3. The standard InChI is InChI=1S/C17H18N6O/c1-24-14-9-7-12(8-10-14)16-21-15(22-23-16)11-19-17(18)20-13-5-3-2-4-6-13/h2-10H,11H2,1H3,(H3,18,19,20)(H,21,22,23). The average Bonchev–Trinajstić information content (AvgIpc) is 3.10. The molecule has 1 heterocycles. The molecule has 0 aliphatic carbocycles. The molecule has 0 aliphatic heterocycles. The highest BCUT2D eigenvalue weighted by Crippen LogP contribution is 2.19. The minimum Gasteiger partial charge on any atom is -0.497 e. The second-order valence-electron chi connectivity index (χ2n) is 5.03. The van der Waals surface area contributed by atoms with Crippen LogP contribution in [0.3, 0.4) is 0 Å². The molecule has 0 unspecified atom stereocenters. The number of hydrogen-bond acceptors (Lipinski definition) is 4. The van der Waals surface area contributed by atoms with E-state index in [4.69, 9.17) is 10.5 Å². The van der Waals surface area contributed by atoms with Gasteiger partial charge in [-0.3, -0.25) is 5.10 Å². The first kappa shape index (κ1) is 15.5. The Hall–Kier alpha value is -3.35. The van der Waals surface area contributed by atoms with Crippen LogP contribution >= 0.6 is 0 Å². The smallest absolute Gasteiger partial charge is 0.193 e. The minimum absolute atomic E-state index is 0.314. The summed E-state index contributed by atoms with van der Waals surface area (Å²) in [6.45, 7) is 0.314. The molecular weight excluding hydrogens is 304 g/mol. The van der Waals surface area contributed by atoms with Crippen LogP contribution in [0.2, 0.25) is 0 Å². The zero-order chi connectivity index (χ0) is 16.8. The van der Waals surface area contributed by atoms with Crippen LogP contribution in [0.1, 0.15) is 5.82 Å². The fourth-order valence-corrected chi connectivity index (χ4v) is 2.10. The van der Waals surface area contributed by atoms with E-state index in [9.17, 15) is 0 Å². The molecule has 3 aromatic rings. The van der Waals surface area contributed by atoms with E-state index in [1.807, 2.05) is 54.6 Å². The number of para-hydroxylation sites is 1. The Morgan fingerprint density at radius 1 is 1.17 bits per heavy atom. The lowest BCUT2D eigenvalue weighted by Gasteiger charge is -2.04. The number of nitrogens with one attached hydrogen (secondary N) is 2. The molecule has 2 aromatic carbocycles. The van der Waals surface area contributed by atoms with Crippen molar-refractivity contribution in [2.24, 2.45) is 10.7 Å². The SMILES string of the molecule is COc1ccc(-c2n[nH]c(CN=C(N)Nc3ccccc3)n2)cc1. The van der Waals surface area contributed by atoms with Gasteiger partial charge in [0, 0.05) is 11.3 Å². The molecule has 1 aromatic heterocycles. The van der Waals surface area contributed by atoms with Crippen molar-refractivity contribution in [2.45, 2.75) is 6.54 Å². The van der Waals surface area contributed by atoms with E-state index in [2.05, 4.69) is 25.5 Å². The van der Waals surface area contributed by atoms with Crippen LogP contribution in [0.4, 0.5) is 5.69 Å². The predicted octanol–water partition coefficient (Wildman–Crippen LogP) is 2.41. The predicted molar refractivity (Wildman–Crippen MR) is 93.8 cm³/mol. The van der Waals surface area contributed by atoms with Crippen LogP contribution in [-0.4, -0.2) is 28.3 Å². The highest BCUT2D eigenvalue weighted by atomic mass is 16.5. The fourth-order valence-electron chi connectivity index (χ4n) is 2.10. The molecule has 0 fully saturated rings. The van der Waals surface area contributed by atoms with E-state index in [-0.39, 0.29) is 0 Å². The van der Waals surface area contributed by atoms with Crippen LogP contribution in [0, 0.1) is 0 Å². The highest BCUT2D eigenvalue weighted by Gasteiger charge is 2.06. The number of ether oxygens (including phenoxy) is 1. The van der Waals surface area contributed by atoms with Gasteiger partial charge in [0.1, 0.15) is 18.1 Å². The Morgan fingerprint density at radius 2 is 1.92 bits per heavy atom. The lowest BCUT2D eigenvalue weighted by Crippen LogP contribution is -2.22. The van der Waals surface area contributed by atoms with E-state index in [1.165, 1.54) is 0 Å². The number of aromatic nitrogens is 3. The number of benzene rings is 2. The number of nitrogens with zero attached hydrogens (tertiary/aromatic N) is 3. The molecule has 7 nitrogen and oxygen atoms in total. The van der Waals surface area contributed by atoms with Crippen molar-refractivity contribution in [2.75, 3.05) is 12.4 Å². The largest absolute Gasteiger partial charge is 0.497 e. The number of hydrogen-bond donors (Lipinski definition) is 3. The second kappa shape index (κ2) is 7.28. The van der Waals surface area contributed by atoms with Gasteiger partial charge in [-0.2, -0.15) is 5.10 Å². The molecule has 0 bridgehead atoms. The van der Waals surface area contributed by atoms with E-state index in [1.54, 1.807) is 7.11 Å². The summed E-state index contributed by atoms with van der Waals surface area (Å²) in [5, 5.41) is 10.1. The molecule has 0 aliphatic rings. The monoisotopic (exact) mass is 322 g/mol. The number of aliphatic imine (C=N–C) groups is 1. The number of rotatable bonds is 5. The Labute approximate surface area is 139 Å². The zero-order valence-electron chi connectivity index (χ0n) is 13.2. The van der Waals surface area contributed by atoms with Gasteiger partial charge in [-0.15, -0.1) is 0 Å². The van der Waals surface area contributed by atoms with Crippen LogP contribution in [0.5, 0.6) is 5.75 Å². The minimum atomic E-state index is 0.314. The van der Waals surface area contributed by atoms with Gasteiger partial charge >= 0.3 is 0 Å². The van der Waals surface area contributed by atoms with Crippen molar-refractivity contribution < 1.29 is 4.74 Å². The zero-order valence-corrected chi connectivity index (χ0v) is 13.2. The molecule has 0 saturated heterocycles. The van der Waals surface area contributed by atoms with E-state index in [0.29, 0.717) is 24.2 Å². The number of nitrogens with two attached hydrogens (primary N) is 1. The van der Waals surface area contributed by atoms with E-state index < -0.39 is 0 Å². The third kappa shape index (κ3) is 3.89. The summed E-state index contributed by atoms with van der Waals surface area (Å²) in [6.07, 6.45) is 0. The van der Waals surface area contributed by atoms with Crippen LogP contribution in [0.25, 0.3) is 11.4 Å². The maximum Gasteiger partial charge on any atom is 0.193 e. The number of H-pyrrole nitrogens is 1. The van der Waals surface area contributed by atoms with Crippen LogP contribution in [-0.2, 0) is 6.54 Å². The first-order chi connectivity index (χ1) is 11.7. The number of anilines is 1. The van der Waals surface area contributed by atoms with Gasteiger partial charge in [0.15, 0.2) is 11.8 Å². The Balaban J connectivity index is 1.64. The van der Waals surface area contributed by atoms with Crippen LogP contribution in [0.15, 0.2) is 59.6 Å². The van der Waals surface area contributed by atoms with Crippen molar-refractivity contribution in [3.8, 4) is 17.1 Å². The Kier molecular flexibility index (Phi) is 4.71. The summed E-state index contributed by atoms with van der Waals surface area (Å²) in [6, 6.07) is 17.2. The van der Waals surface area contributed by atoms with Gasteiger partial charge < -0.3 is 15.8 Å². The highest BCUT2D eigenvalue weighted by molar-refractivity contribution is 5.92. The van der Waals surface area contributed by atoms with Gasteiger partial charge in [-0.05, 0) is 36.4 Å². The molecular formula is C17H18N6O. The molecule has 0 saturated carbocycles. The summed E-state index contributed by atoms with van der Waals surface area (Å²) in [5.74, 6) is 2.36. The van der Waals surface area contributed by atoms with Crippen molar-refractivity contribution in [1.29, 1.82) is 0 Å². The summed E-state index contributed by atoms with van der Waals surface area (Å²) in [5.41, 5.74) is 7.65. The molecule has 0 radical (unpaired) electrons. The lowest BCUT2D eigenvalue weighted by molar-refractivity contribution is 0.415. The van der Waals surface area contributed by atoms with Gasteiger partial charge in [0.2, 0.25) is 0 Å². The van der Waals surface area contributed by atoms with Crippen molar-refractivity contribution in [1.82, 2.24) is 15.2 Å². The molecule has 0 spiro atoms. The topological polar surface area (TPSA) is 101 Å². The summed E-state index contributed by atoms with van der Waals surface area (Å²) in [7, 11) is 1.63. The lowest BCUT2D eigenvalue weighted by atomic mass is 10.2. The van der Waals surface area contributed by atoms with Crippen molar-refractivity contribution in [3.63, 3.8) is 0 Å². The molecule has 0 amide bonds. The summed E-state index contributed by atoms with van der Waals surface area (Å²) in [4.78, 5) is 8.67. The maximum absolute atomic E-state index is 5.87. The van der Waals surface area contributed by atoms with Gasteiger partial charge in [-0.1, -0.05) is 18.2 Å². The number of aromatic amines is 1. The Morgan fingerprint density at radius 3 is 2.62 bits per heavy atom. The van der Waals surface area contributed by atoms with Gasteiger partial charge in [-0.25, -0.2) is 9.98 Å².